The summed E-state index contributed by atoms with van der Waals surface area (Å²) in [6, 6.07) is 3.95. The summed E-state index contributed by atoms with van der Waals surface area (Å²) in [5, 5.41) is 0. The molecular formula is C18H27NO2. The van der Waals surface area contributed by atoms with Crippen molar-refractivity contribution in [1.82, 2.24) is 4.90 Å². The lowest BCUT2D eigenvalue weighted by Crippen LogP contribution is -2.31. The highest BCUT2D eigenvalue weighted by Gasteiger charge is 2.16. The lowest BCUT2D eigenvalue weighted by atomic mass is 9.96. The standard InChI is InChI=1S/C18H27NO2/c1-4-21-16-12-14(2)18(15(3)13-16)17(20)8-11-19-9-6-5-7-10-19/h12-13H,4-11H2,1-3H3. The molecule has 3 nitrogen and oxygen atoms in total. The van der Waals surface area contributed by atoms with E-state index in [1.807, 2.05) is 32.9 Å². The second-order valence-electron chi connectivity index (χ2n) is 5.94. The summed E-state index contributed by atoms with van der Waals surface area (Å²) in [5.74, 6) is 1.12. The van der Waals surface area contributed by atoms with Crippen LogP contribution in [0.3, 0.4) is 0 Å². The van der Waals surface area contributed by atoms with Crippen LogP contribution in [0.25, 0.3) is 0 Å². The maximum atomic E-state index is 12.5. The van der Waals surface area contributed by atoms with Crippen molar-refractivity contribution in [3.63, 3.8) is 0 Å². The maximum Gasteiger partial charge on any atom is 0.164 e. The van der Waals surface area contributed by atoms with Gasteiger partial charge in [-0.3, -0.25) is 4.79 Å². The largest absolute Gasteiger partial charge is 0.494 e. The van der Waals surface area contributed by atoms with Gasteiger partial charge in [0, 0.05) is 18.5 Å². The van der Waals surface area contributed by atoms with Gasteiger partial charge in [0.05, 0.1) is 6.61 Å². The molecule has 1 saturated heterocycles. The van der Waals surface area contributed by atoms with Gasteiger partial charge in [-0.1, -0.05) is 6.42 Å². The summed E-state index contributed by atoms with van der Waals surface area (Å²) in [5.41, 5.74) is 2.94. The minimum atomic E-state index is 0.263. The van der Waals surface area contributed by atoms with Gasteiger partial charge >= 0.3 is 0 Å². The molecule has 1 heterocycles. The number of ether oxygens (including phenoxy) is 1. The molecule has 0 spiro atoms. The van der Waals surface area contributed by atoms with Gasteiger partial charge in [-0.2, -0.15) is 0 Å². The number of rotatable bonds is 6. The highest BCUT2D eigenvalue weighted by Crippen LogP contribution is 2.23. The SMILES string of the molecule is CCOc1cc(C)c(C(=O)CCN2CCCCC2)c(C)c1. The summed E-state index contributed by atoms with van der Waals surface area (Å²) in [7, 11) is 0. The number of likely N-dealkylation sites (tertiary alicyclic amines) is 1. The van der Waals surface area contributed by atoms with Crippen LogP contribution in [0.5, 0.6) is 5.75 Å². The number of benzene rings is 1. The molecule has 1 aromatic carbocycles. The minimum absolute atomic E-state index is 0.263. The van der Waals surface area contributed by atoms with Crippen molar-refractivity contribution >= 4 is 5.78 Å². The molecule has 116 valence electrons. The Bertz CT molecular complexity index is 467. The van der Waals surface area contributed by atoms with Crippen molar-refractivity contribution in [3.8, 4) is 5.75 Å². The molecule has 1 fully saturated rings. The number of carbonyl (C=O) groups excluding carboxylic acids is 1. The average Bonchev–Trinajstić information content (AvgIpc) is 2.46. The lowest BCUT2D eigenvalue weighted by molar-refractivity contribution is 0.0957. The molecule has 3 heteroatoms. The third kappa shape index (κ3) is 4.31. The van der Waals surface area contributed by atoms with E-state index in [0.29, 0.717) is 13.0 Å². The molecule has 0 saturated carbocycles. The molecule has 2 rings (SSSR count). The Kier molecular flexibility index (Phi) is 5.80. The maximum absolute atomic E-state index is 12.5. The number of piperidine rings is 1. The first-order valence-electron chi connectivity index (χ1n) is 8.11. The van der Waals surface area contributed by atoms with Gasteiger partial charge in [-0.15, -0.1) is 0 Å². The van der Waals surface area contributed by atoms with E-state index in [1.165, 1.54) is 19.3 Å². The minimum Gasteiger partial charge on any atom is -0.494 e. The molecule has 0 atom stereocenters. The second kappa shape index (κ2) is 7.60. The van der Waals surface area contributed by atoms with Crippen molar-refractivity contribution in [2.24, 2.45) is 0 Å². The molecule has 0 N–H and O–H groups in total. The molecule has 1 aliphatic rings. The van der Waals surface area contributed by atoms with Crippen molar-refractivity contribution in [2.75, 3.05) is 26.2 Å². The van der Waals surface area contributed by atoms with Crippen LogP contribution in [-0.4, -0.2) is 36.9 Å². The first-order valence-corrected chi connectivity index (χ1v) is 8.11. The average molecular weight is 289 g/mol. The number of hydrogen-bond acceptors (Lipinski definition) is 3. The van der Waals surface area contributed by atoms with Crippen LogP contribution in [0.2, 0.25) is 0 Å². The van der Waals surface area contributed by atoms with Crippen LogP contribution in [0.4, 0.5) is 0 Å². The van der Waals surface area contributed by atoms with E-state index < -0.39 is 0 Å². The lowest BCUT2D eigenvalue weighted by Gasteiger charge is -2.26. The number of nitrogens with zero attached hydrogens (tertiary/aromatic N) is 1. The van der Waals surface area contributed by atoms with Crippen molar-refractivity contribution in [2.45, 2.75) is 46.5 Å². The Hall–Kier alpha value is -1.35. The van der Waals surface area contributed by atoms with Gasteiger partial charge in [-0.05, 0) is 70.0 Å². The second-order valence-corrected chi connectivity index (χ2v) is 5.94. The van der Waals surface area contributed by atoms with Crippen LogP contribution >= 0.6 is 0 Å². The highest BCUT2D eigenvalue weighted by molar-refractivity contribution is 5.99. The van der Waals surface area contributed by atoms with E-state index in [2.05, 4.69) is 4.90 Å². The van der Waals surface area contributed by atoms with Gasteiger partial charge < -0.3 is 9.64 Å². The first kappa shape index (κ1) is 16.0. The van der Waals surface area contributed by atoms with Crippen LogP contribution in [0.15, 0.2) is 12.1 Å². The summed E-state index contributed by atoms with van der Waals surface area (Å²) in [6.07, 6.45) is 4.50. The molecular weight excluding hydrogens is 262 g/mol. The van der Waals surface area contributed by atoms with Gasteiger partial charge in [0.1, 0.15) is 5.75 Å². The molecule has 0 unspecified atom stereocenters. The fourth-order valence-electron chi connectivity index (χ4n) is 3.18. The molecule has 0 bridgehead atoms. The Balaban J connectivity index is 2.01. The first-order chi connectivity index (χ1) is 10.1. The van der Waals surface area contributed by atoms with Crippen molar-refractivity contribution < 1.29 is 9.53 Å². The molecule has 0 amide bonds. The van der Waals surface area contributed by atoms with Crippen LogP contribution in [0, 0.1) is 13.8 Å². The molecule has 0 aliphatic carbocycles. The predicted molar refractivity (Wildman–Crippen MR) is 86.3 cm³/mol. The fourth-order valence-corrected chi connectivity index (χ4v) is 3.18. The smallest absolute Gasteiger partial charge is 0.164 e. The zero-order chi connectivity index (χ0) is 15.2. The predicted octanol–water partition coefficient (Wildman–Crippen LogP) is 3.76. The number of hydrogen-bond donors (Lipinski definition) is 0. The zero-order valence-corrected chi connectivity index (χ0v) is 13.6. The third-order valence-electron chi connectivity index (χ3n) is 4.20. The topological polar surface area (TPSA) is 29.5 Å². The summed E-state index contributed by atoms with van der Waals surface area (Å²) >= 11 is 0. The Morgan fingerprint density at radius 3 is 2.33 bits per heavy atom. The van der Waals surface area contributed by atoms with Gasteiger partial charge in [0.25, 0.3) is 0 Å². The Labute approximate surface area is 128 Å². The van der Waals surface area contributed by atoms with Gasteiger partial charge in [0.15, 0.2) is 5.78 Å². The van der Waals surface area contributed by atoms with Crippen molar-refractivity contribution in [1.29, 1.82) is 0 Å². The molecule has 21 heavy (non-hydrogen) atoms. The van der Waals surface area contributed by atoms with Gasteiger partial charge in [-0.25, -0.2) is 0 Å². The highest BCUT2D eigenvalue weighted by atomic mass is 16.5. The van der Waals surface area contributed by atoms with E-state index in [9.17, 15) is 4.79 Å². The van der Waals surface area contributed by atoms with E-state index in [4.69, 9.17) is 4.74 Å². The van der Waals surface area contributed by atoms with E-state index in [-0.39, 0.29) is 5.78 Å². The van der Waals surface area contributed by atoms with Crippen LogP contribution < -0.4 is 4.74 Å². The Morgan fingerprint density at radius 1 is 1.14 bits per heavy atom. The number of carbonyl (C=O) groups is 1. The Morgan fingerprint density at radius 2 is 1.76 bits per heavy atom. The number of Topliss-reactive ketones (excluding diaryl/α,β-unsaturated/α-hetero) is 1. The number of ketones is 1. The normalized spacial score (nSPS) is 16.0. The molecule has 1 aliphatic heterocycles. The molecule has 1 aromatic rings. The summed E-state index contributed by atoms with van der Waals surface area (Å²) < 4.78 is 5.54. The van der Waals surface area contributed by atoms with E-state index in [1.54, 1.807) is 0 Å². The molecule has 0 aromatic heterocycles. The molecule has 0 radical (unpaired) electrons. The quantitative estimate of drug-likeness (QED) is 0.747. The van der Waals surface area contributed by atoms with Crippen molar-refractivity contribution in [3.05, 3.63) is 28.8 Å². The summed E-state index contributed by atoms with van der Waals surface area (Å²) in [6.45, 7) is 9.82. The van der Waals surface area contributed by atoms with Crippen LogP contribution in [0.1, 0.15) is 54.1 Å². The van der Waals surface area contributed by atoms with Crippen LogP contribution in [-0.2, 0) is 0 Å². The monoisotopic (exact) mass is 289 g/mol. The zero-order valence-electron chi connectivity index (χ0n) is 13.6. The summed E-state index contributed by atoms with van der Waals surface area (Å²) in [4.78, 5) is 14.9. The number of aryl methyl sites for hydroxylation is 2. The van der Waals surface area contributed by atoms with E-state index >= 15 is 0 Å². The van der Waals surface area contributed by atoms with E-state index in [0.717, 1.165) is 42.1 Å². The van der Waals surface area contributed by atoms with Gasteiger partial charge in [0.2, 0.25) is 0 Å². The fraction of sp³-hybridized carbons (Fsp3) is 0.611. The third-order valence-corrected chi connectivity index (χ3v) is 4.20.